The minimum atomic E-state index is -1.21. The number of aliphatic hydroxyl groups is 1. The third-order valence-corrected chi connectivity index (χ3v) is 2.53. The van der Waals surface area contributed by atoms with E-state index in [0.29, 0.717) is 0 Å². The predicted molar refractivity (Wildman–Crippen MR) is 61.6 cm³/mol. The molecular weight excluding hydrogens is 258 g/mol. The van der Waals surface area contributed by atoms with Crippen LogP contribution in [0.4, 0.5) is 8.78 Å². The van der Waals surface area contributed by atoms with Gasteiger partial charge in [0.05, 0.1) is 18.8 Å². The van der Waals surface area contributed by atoms with Gasteiger partial charge in [-0.25, -0.2) is 13.6 Å². The summed E-state index contributed by atoms with van der Waals surface area (Å²) in [5, 5.41) is 21.7. The number of carboxylic acid groups (broad SMARTS) is 1. The molecule has 0 aliphatic rings. The molecule has 2 aromatic rings. The van der Waals surface area contributed by atoms with E-state index in [2.05, 4.69) is 5.10 Å². The fourth-order valence-electron chi connectivity index (χ4n) is 1.65. The Labute approximate surface area is 106 Å². The van der Waals surface area contributed by atoms with Crippen molar-refractivity contribution in [2.75, 3.05) is 6.61 Å². The molecule has 19 heavy (non-hydrogen) atoms. The fourth-order valence-corrected chi connectivity index (χ4v) is 1.65. The SMILES string of the molecule is O=C(O)c1cc(-c2ccc(F)c(F)c2)nn1CCO. The highest BCUT2D eigenvalue weighted by atomic mass is 19.2. The molecule has 1 aromatic carbocycles. The van der Waals surface area contributed by atoms with Gasteiger partial charge in [0.15, 0.2) is 11.6 Å². The number of aliphatic hydroxyl groups excluding tert-OH is 1. The molecule has 0 spiro atoms. The zero-order valence-corrected chi connectivity index (χ0v) is 9.68. The second kappa shape index (κ2) is 5.15. The number of hydrogen-bond acceptors (Lipinski definition) is 3. The normalized spacial score (nSPS) is 10.7. The van der Waals surface area contributed by atoms with Gasteiger partial charge < -0.3 is 10.2 Å². The molecule has 0 bridgehead atoms. The van der Waals surface area contributed by atoms with Crippen molar-refractivity contribution in [1.82, 2.24) is 9.78 Å². The van der Waals surface area contributed by atoms with Crippen LogP contribution in [0.15, 0.2) is 24.3 Å². The van der Waals surface area contributed by atoms with Crippen LogP contribution in [0.25, 0.3) is 11.3 Å². The Bertz CT molecular complexity index is 625. The fraction of sp³-hybridized carbons (Fsp3) is 0.167. The summed E-state index contributed by atoms with van der Waals surface area (Å²) in [7, 11) is 0. The van der Waals surface area contributed by atoms with E-state index in [1.54, 1.807) is 0 Å². The molecule has 0 saturated heterocycles. The summed E-state index contributed by atoms with van der Waals surface area (Å²) in [6.45, 7) is -0.273. The van der Waals surface area contributed by atoms with Crippen molar-refractivity contribution < 1.29 is 23.8 Å². The van der Waals surface area contributed by atoms with E-state index in [0.717, 1.165) is 16.8 Å². The summed E-state index contributed by atoms with van der Waals surface area (Å²) < 4.78 is 27.0. The number of aromatic carboxylic acids is 1. The first kappa shape index (κ1) is 13.2. The maximum Gasteiger partial charge on any atom is 0.354 e. The number of benzene rings is 1. The molecule has 0 saturated carbocycles. The number of carboxylic acids is 1. The lowest BCUT2D eigenvalue weighted by Crippen LogP contribution is -2.12. The van der Waals surface area contributed by atoms with Gasteiger partial charge in [0, 0.05) is 5.56 Å². The van der Waals surface area contributed by atoms with Gasteiger partial charge in [-0.2, -0.15) is 5.10 Å². The smallest absolute Gasteiger partial charge is 0.354 e. The van der Waals surface area contributed by atoms with E-state index >= 15 is 0 Å². The van der Waals surface area contributed by atoms with Crippen molar-refractivity contribution in [2.45, 2.75) is 6.54 Å². The van der Waals surface area contributed by atoms with Crippen LogP contribution in [-0.4, -0.2) is 32.6 Å². The van der Waals surface area contributed by atoms with Gasteiger partial charge in [-0.05, 0) is 24.3 Å². The predicted octanol–water partition coefficient (Wildman–Crippen LogP) is 1.52. The van der Waals surface area contributed by atoms with E-state index in [9.17, 15) is 13.6 Å². The first-order chi connectivity index (χ1) is 9.02. The van der Waals surface area contributed by atoms with Crippen molar-refractivity contribution in [3.63, 3.8) is 0 Å². The zero-order chi connectivity index (χ0) is 14.0. The molecular formula is C12H10F2N2O3. The van der Waals surface area contributed by atoms with Gasteiger partial charge in [0.1, 0.15) is 5.69 Å². The summed E-state index contributed by atoms with van der Waals surface area (Å²) in [6, 6.07) is 4.42. The maximum absolute atomic E-state index is 13.1. The molecule has 100 valence electrons. The molecule has 0 aliphatic carbocycles. The van der Waals surface area contributed by atoms with E-state index in [-0.39, 0.29) is 30.1 Å². The molecule has 0 atom stereocenters. The molecule has 2 N–H and O–H groups in total. The largest absolute Gasteiger partial charge is 0.477 e. The summed E-state index contributed by atoms with van der Waals surface area (Å²) in [5.41, 5.74) is 0.330. The zero-order valence-electron chi connectivity index (χ0n) is 9.68. The molecule has 1 heterocycles. The summed E-state index contributed by atoms with van der Waals surface area (Å²) in [6.07, 6.45) is 0. The molecule has 5 nitrogen and oxygen atoms in total. The quantitative estimate of drug-likeness (QED) is 0.881. The highest BCUT2D eigenvalue weighted by Crippen LogP contribution is 2.21. The van der Waals surface area contributed by atoms with Crippen molar-refractivity contribution in [1.29, 1.82) is 0 Å². The lowest BCUT2D eigenvalue weighted by atomic mass is 10.1. The third kappa shape index (κ3) is 2.60. The Morgan fingerprint density at radius 3 is 2.58 bits per heavy atom. The van der Waals surface area contributed by atoms with Crippen molar-refractivity contribution in [3.8, 4) is 11.3 Å². The van der Waals surface area contributed by atoms with Gasteiger partial charge in [0.25, 0.3) is 0 Å². The number of carbonyl (C=O) groups is 1. The first-order valence-electron chi connectivity index (χ1n) is 5.40. The monoisotopic (exact) mass is 268 g/mol. The van der Waals surface area contributed by atoms with Gasteiger partial charge in [-0.15, -0.1) is 0 Å². The lowest BCUT2D eigenvalue weighted by molar-refractivity contribution is 0.0681. The van der Waals surface area contributed by atoms with Crippen LogP contribution in [0.5, 0.6) is 0 Å². The van der Waals surface area contributed by atoms with Crippen molar-refractivity contribution >= 4 is 5.97 Å². The van der Waals surface area contributed by atoms with Crippen LogP contribution < -0.4 is 0 Å². The summed E-state index contributed by atoms with van der Waals surface area (Å²) in [5.74, 6) is -3.24. The van der Waals surface area contributed by atoms with Gasteiger partial charge in [0.2, 0.25) is 0 Å². The summed E-state index contributed by atoms with van der Waals surface area (Å²) in [4.78, 5) is 11.0. The van der Waals surface area contributed by atoms with Crippen LogP contribution in [0, 0.1) is 11.6 Å². The Kier molecular flexibility index (Phi) is 3.57. The molecule has 0 radical (unpaired) electrons. The first-order valence-corrected chi connectivity index (χ1v) is 5.40. The highest BCUT2D eigenvalue weighted by molar-refractivity contribution is 5.87. The minimum Gasteiger partial charge on any atom is -0.477 e. The number of rotatable bonds is 4. The van der Waals surface area contributed by atoms with Crippen LogP contribution in [-0.2, 0) is 6.54 Å². The second-order valence-corrected chi connectivity index (χ2v) is 3.80. The Morgan fingerprint density at radius 1 is 1.26 bits per heavy atom. The maximum atomic E-state index is 13.1. The van der Waals surface area contributed by atoms with E-state index in [1.165, 1.54) is 12.1 Å². The molecule has 0 unspecified atom stereocenters. The molecule has 1 aromatic heterocycles. The van der Waals surface area contributed by atoms with Crippen LogP contribution in [0.2, 0.25) is 0 Å². The second-order valence-electron chi connectivity index (χ2n) is 3.80. The Balaban J connectivity index is 2.47. The third-order valence-electron chi connectivity index (χ3n) is 2.53. The molecule has 0 amide bonds. The average molecular weight is 268 g/mol. The van der Waals surface area contributed by atoms with E-state index in [4.69, 9.17) is 10.2 Å². The van der Waals surface area contributed by atoms with Crippen molar-refractivity contribution in [2.24, 2.45) is 0 Å². The lowest BCUT2D eigenvalue weighted by Gasteiger charge is -2.00. The Morgan fingerprint density at radius 2 is 2.00 bits per heavy atom. The Hall–Kier alpha value is -2.28. The summed E-state index contributed by atoms with van der Waals surface area (Å²) >= 11 is 0. The molecule has 2 rings (SSSR count). The number of aromatic nitrogens is 2. The number of hydrogen-bond donors (Lipinski definition) is 2. The van der Waals surface area contributed by atoms with Gasteiger partial charge >= 0.3 is 5.97 Å². The van der Waals surface area contributed by atoms with Gasteiger partial charge in [-0.3, -0.25) is 4.68 Å². The van der Waals surface area contributed by atoms with E-state index < -0.39 is 17.6 Å². The topological polar surface area (TPSA) is 75.3 Å². The average Bonchev–Trinajstić information content (AvgIpc) is 2.77. The highest BCUT2D eigenvalue weighted by Gasteiger charge is 2.15. The number of halogens is 2. The molecule has 0 aliphatic heterocycles. The van der Waals surface area contributed by atoms with Crippen molar-refractivity contribution in [3.05, 3.63) is 41.6 Å². The van der Waals surface area contributed by atoms with Crippen LogP contribution in [0.3, 0.4) is 0 Å². The van der Waals surface area contributed by atoms with Crippen LogP contribution >= 0.6 is 0 Å². The molecule has 7 heteroatoms. The van der Waals surface area contributed by atoms with E-state index in [1.807, 2.05) is 0 Å². The molecule has 0 fully saturated rings. The minimum absolute atomic E-state index is 0.00527. The standard InChI is InChI=1S/C12H10F2N2O3/c13-8-2-1-7(5-9(8)14)10-6-11(12(18)19)16(15-10)3-4-17/h1-2,5-6,17H,3-4H2,(H,18,19). The van der Waals surface area contributed by atoms with Gasteiger partial charge in [-0.1, -0.05) is 0 Å². The van der Waals surface area contributed by atoms with Crippen LogP contribution in [0.1, 0.15) is 10.5 Å². The number of nitrogens with zero attached hydrogens (tertiary/aromatic N) is 2.